The number of hydrazine groups is 1. The van der Waals surface area contributed by atoms with Crippen LogP contribution < -0.4 is 20.3 Å². The van der Waals surface area contributed by atoms with Gasteiger partial charge in [-0.1, -0.05) is 42.0 Å². The number of methoxy groups -OCH3 is 1. The monoisotopic (exact) mass is 501 g/mol. The molecule has 0 saturated carbocycles. The van der Waals surface area contributed by atoms with Gasteiger partial charge in [-0.05, 0) is 68.1 Å². The number of nitrogens with one attached hydrogen (secondary N) is 2. The molecule has 2 fully saturated rings. The molecule has 0 aliphatic carbocycles. The molecule has 194 valence electrons. The molecule has 3 aromatic carbocycles. The fourth-order valence-electron chi connectivity index (χ4n) is 5.82. The lowest BCUT2D eigenvalue weighted by Crippen LogP contribution is -2.42. The molecule has 37 heavy (non-hydrogen) atoms. The number of hydrogen-bond donors (Lipinski definition) is 3. The van der Waals surface area contributed by atoms with Crippen molar-refractivity contribution in [1.82, 2.24) is 15.8 Å². The minimum Gasteiger partial charge on any atom is -0.507 e. The van der Waals surface area contributed by atoms with Gasteiger partial charge in [0.1, 0.15) is 23.3 Å². The maximum absolute atomic E-state index is 13.8. The van der Waals surface area contributed by atoms with Gasteiger partial charge in [-0.25, -0.2) is 10.9 Å². The van der Waals surface area contributed by atoms with Crippen LogP contribution >= 0.6 is 0 Å². The second-order valence-electron chi connectivity index (χ2n) is 9.92. The number of aryl methyl sites for hydroxylation is 2. The highest BCUT2D eigenvalue weighted by Crippen LogP contribution is 2.49. The Morgan fingerprint density at radius 2 is 1.62 bits per heavy atom. The van der Waals surface area contributed by atoms with E-state index in [4.69, 9.17) is 9.47 Å². The largest absolute Gasteiger partial charge is 0.507 e. The maximum Gasteiger partial charge on any atom is 0.242 e. The molecule has 5 rings (SSSR count). The number of nitrogens with zero attached hydrogens (tertiary/aromatic N) is 1. The van der Waals surface area contributed by atoms with E-state index in [1.807, 2.05) is 74.2 Å². The van der Waals surface area contributed by atoms with Crippen LogP contribution in [0.4, 0.5) is 0 Å². The Kier molecular flexibility index (Phi) is 7.09. The highest BCUT2D eigenvalue weighted by Gasteiger charge is 2.55. The predicted molar refractivity (Wildman–Crippen MR) is 143 cm³/mol. The van der Waals surface area contributed by atoms with Crippen LogP contribution in [0.3, 0.4) is 0 Å². The Balaban J connectivity index is 1.50. The molecule has 7 nitrogen and oxygen atoms in total. The summed E-state index contributed by atoms with van der Waals surface area (Å²) in [6.45, 7) is 7.09. The lowest BCUT2D eigenvalue weighted by Gasteiger charge is -2.32. The first-order valence-electron chi connectivity index (χ1n) is 12.9. The summed E-state index contributed by atoms with van der Waals surface area (Å²) in [6, 6.07) is 19.2. The lowest BCUT2D eigenvalue weighted by atomic mass is 9.82. The molecule has 4 unspecified atom stereocenters. The van der Waals surface area contributed by atoms with Gasteiger partial charge in [0.05, 0.1) is 25.8 Å². The molecule has 7 heteroatoms. The fourth-order valence-corrected chi connectivity index (χ4v) is 5.82. The van der Waals surface area contributed by atoms with Crippen molar-refractivity contribution in [3.8, 4) is 17.2 Å². The summed E-state index contributed by atoms with van der Waals surface area (Å²) < 4.78 is 11.0. The molecule has 3 aromatic rings. The quantitative estimate of drug-likeness (QED) is 0.425. The molecule has 1 amide bonds. The molecular weight excluding hydrogens is 466 g/mol. The van der Waals surface area contributed by atoms with Crippen LogP contribution in [-0.4, -0.2) is 42.2 Å². The third kappa shape index (κ3) is 4.77. The average Bonchev–Trinajstić information content (AvgIpc) is 3.44. The normalized spacial score (nSPS) is 22.8. The van der Waals surface area contributed by atoms with Crippen LogP contribution in [0.2, 0.25) is 0 Å². The zero-order valence-corrected chi connectivity index (χ0v) is 21.8. The minimum absolute atomic E-state index is 0.0660. The van der Waals surface area contributed by atoms with Gasteiger partial charge in [0.25, 0.3) is 0 Å². The van der Waals surface area contributed by atoms with Gasteiger partial charge in [-0.15, -0.1) is 0 Å². The van der Waals surface area contributed by atoms with E-state index in [0.717, 1.165) is 45.7 Å². The van der Waals surface area contributed by atoms with Crippen LogP contribution in [0.15, 0.2) is 60.7 Å². The molecule has 2 aliphatic heterocycles. The van der Waals surface area contributed by atoms with Crippen molar-refractivity contribution < 1.29 is 19.4 Å². The summed E-state index contributed by atoms with van der Waals surface area (Å²) in [5.41, 5.74) is 11.5. The Morgan fingerprint density at radius 3 is 2.30 bits per heavy atom. The Bertz CT molecular complexity index is 1260. The van der Waals surface area contributed by atoms with Crippen LogP contribution in [0, 0.1) is 19.8 Å². The number of rotatable bonds is 8. The molecule has 0 aromatic heterocycles. The number of carbonyl (C=O) groups excluding carboxylic acids is 1. The smallest absolute Gasteiger partial charge is 0.242 e. The lowest BCUT2D eigenvalue weighted by molar-refractivity contribution is -0.130. The van der Waals surface area contributed by atoms with E-state index < -0.39 is 6.04 Å². The van der Waals surface area contributed by atoms with Crippen LogP contribution in [0.25, 0.3) is 0 Å². The van der Waals surface area contributed by atoms with Gasteiger partial charge in [0.15, 0.2) is 0 Å². The predicted octanol–water partition coefficient (Wildman–Crippen LogP) is 4.38. The van der Waals surface area contributed by atoms with Crippen LogP contribution in [0.5, 0.6) is 17.2 Å². The third-order valence-corrected chi connectivity index (χ3v) is 7.56. The number of ether oxygens (including phenoxy) is 2. The van der Waals surface area contributed by atoms with E-state index in [1.165, 1.54) is 0 Å². The van der Waals surface area contributed by atoms with E-state index in [9.17, 15) is 9.90 Å². The number of phenols is 1. The zero-order valence-electron chi connectivity index (χ0n) is 21.8. The molecule has 2 heterocycles. The van der Waals surface area contributed by atoms with E-state index in [-0.39, 0.29) is 29.7 Å². The van der Waals surface area contributed by atoms with Gasteiger partial charge >= 0.3 is 0 Å². The standard InChI is InChI=1S/C30H35N3O4/c1-5-37-23-12-8-21(9-13-23)28-25-26(24-17-18(2)16-19(3)29(24)34)31-32-27(25)30(35)33(28)15-14-20-6-10-22(36-4)11-7-20/h6-13,16-17,25-28,31-32,34H,5,14-15H2,1-4H3. The van der Waals surface area contributed by atoms with Crippen LogP contribution in [0.1, 0.15) is 46.8 Å². The van der Waals surface area contributed by atoms with E-state index in [2.05, 4.69) is 23.0 Å². The average molecular weight is 502 g/mol. The SMILES string of the molecule is CCOc1ccc(C2C3C(NNC3c3cc(C)cc(C)c3O)C(=O)N2CCc2ccc(OC)cc2)cc1. The topological polar surface area (TPSA) is 83.1 Å². The number of aromatic hydroxyl groups is 1. The van der Waals surface area contributed by atoms with E-state index in [1.54, 1.807) is 7.11 Å². The van der Waals surface area contributed by atoms with Gasteiger partial charge in [0, 0.05) is 18.0 Å². The first kappa shape index (κ1) is 25.1. The number of phenolic OH excluding ortho intramolecular Hbond substituents is 1. The highest BCUT2D eigenvalue weighted by molar-refractivity contribution is 5.86. The number of carbonyl (C=O) groups is 1. The number of likely N-dealkylation sites (tertiary alicyclic amines) is 1. The zero-order chi connectivity index (χ0) is 26.1. The third-order valence-electron chi connectivity index (χ3n) is 7.56. The van der Waals surface area contributed by atoms with E-state index in [0.29, 0.717) is 13.2 Å². The molecule has 2 aliphatic rings. The Morgan fingerprint density at radius 1 is 0.946 bits per heavy atom. The first-order chi connectivity index (χ1) is 17.9. The van der Waals surface area contributed by atoms with Crippen molar-refractivity contribution >= 4 is 5.91 Å². The summed E-state index contributed by atoms with van der Waals surface area (Å²) in [5, 5.41) is 11.0. The minimum atomic E-state index is -0.391. The second-order valence-corrected chi connectivity index (χ2v) is 9.92. The number of hydrogen-bond acceptors (Lipinski definition) is 6. The Labute approximate surface area is 218 Å². The van der Waals surface area contributed by atoms with E-state index >= 15 is 0 Å². The summed E-state index contributed by atoms with van der Waals surface area (Å²) in [5.74, 6) is 1.86. The summed E-state index contributed by atoms with van der Waals surface area (Å²) in [7, 11) is 1.66. The van der Waals surface area contributed by atoms with Crippen molar-refractivity contribution in [3.05, 3.63) is 88.5 Å². The molecule has 0 radical (unpaired) electrons. The van der Waals surface area contributed by atoms with Crippen molar-refractivity contribution in [1.29, 1.82) is 0 Å². The second kappa shape index (κ2) is 10.4. The van der Waals surface area contributed by atoms with Crippen molar-refractivity contribution in [3.63, 3.8) is 0 Å². The molecule has 3 N–H and O–H groups in total. The summed E-state index contributed by atoms with van der Waals surface area (Å²) in [6.07, 6.45) is 0.732. The van der Waals surface area contributed by atoms with Gasteiger partial charge in [0.2, 0.25) is 5.91 Å². The van der Waals surface area contributed by atoms with Crippen molar-refractivity contribution in [2.24, 2.45) is 5.92 Å². The molecule has 0 spiro atoms. The van der Waals surface area contributed by atoms with Crippen molar-refractivity contribution in [2.45, 2.75) is 45.3 Å². The summed E-state index contributed by atoms with van der Waals surface area (Å²) in [4.78, 5) is 15.8. The van der Waals surface area contributed by atoms with Crippen molar-refractivity contribution in [2.75, 3.05) is 20.3 Å². The van der Waals surface area contributed by atoms with Gasteiger partial charge in [-0.2, -0.15) is 0 Å². The van der Waals surface area contributed by atoms with Gasteiger partial charge in [-0.3, -0.25) is 4.79 Å². The fraction of sp³-hybridized carbons (Fsp3) is 0.367. The number of fused-ring (bicyclic) bond motifs is 1. The Hall–Kier alpha value is -3.55. The highest BCUT2D eigenvalue weighted by atomic mass is 16.5. The first-order valence-corrected chi connectivity index (χ1v) is 12.9. The number of amides is 1. The van der Waals surface area contributed by atoms with Gasteiger partial charge < -0.3 is 19.5 Å². The maximum atomic E-state index is 13.8. The number of benzene rings is 3. The molecular formula is C30H35N3O4. The van der Waals surface area contributed by atoms with Crippen LogP contribution in [-0.2, 0) is 11.2 Å². The molecule has 2 saturated heterocycles. The molecule has 4 atom stereocenters. The molecule has 0 bridgehead atoms. The summed E-state index contributed by atoms with van der Waals surface area (Å²) >= 11 is 0.